The molecule has 0 aromatic heterocycles. The Labute approximate surface area is 109 Å². The third-order valence-corrected chi connectivity index (χ3v) is 4.58. The van der Waals surface area contributed by atoms with Gasteiger partial charge in [0, 0.05) is 12.1 Å². The molecule has 1 heteroatoms. The summed E-state index contributed by atoms with van der Waals surface area (Å²) < 4.78 is 0. The van der Waals surface area contributed by atoms with E-state index in [-0.39, 0.29) is 0 Å². The SMILES string of the molecule is CCC(C)C(C)NC1CCCC(CC(C)C)C1. The van der Waals surface area contributed by atoms with E-state index < -0.39 is 0 Å². The minimum absolute atomic E-state index is 0.683. The van der Waals surface area contributed by atoms with E-state index in [1.807, 2.05) is 0 Å². The van der Waals surface area contributed by atoms with Gasteiger partial charge < -0.3 is 5.32 Å². The second-order valence-electron chi connectivity index (χ2n) is 6.70. The average Bonchev–Trinajstić information content (AvgIpc) is 2.27. The van der Waals surface area contributed by atoms with Gasteiger partial charge in [0.1, 0.15) is 0 Å². The fourth-order valence-electron chi connectivity index (χ4n) is 3.21. The first kappa shape index (κ1) is 15.0. The molecule has 0 heterocycles. The van der Waals surface area contributed by atoms with Crippen LogP contribution < -0.4 is 5.32 Å². The average molecular weight is 239 g/mol. The number of hydrogen-bond donors (Lipinski definition) is 1. The molecule has 0 amide bonds. The van der Waals surface area contributed by atoms with Gasteiger partial charge in [-0.1, -0.05) is 47.0 Å². The Morgan fingerprint density at radius 2 is 1.82 bits per heavy atom. The molecule has 1 fully saturated rings. The largest absolute Gasteiger partial charge is 0.311 e. The molecule has 0 saturated heterocycles. The van der Waals surface area contributed by atoms with Crippen molar-refractivity contribution in [2.45, 2.75) is 85.2 Å². The highest BCUT2D eigenvalue weighted by Gasteiger charge is 2.24. The molecule has 1 rings (SSSR count). The van der Waals surface area contributed by atoms with Crippen molar-refractivity contribution in [1.29, 1.82) is 0 Å². The first-order valence-corrected chi connectivity index (χ1v) is 7.78. The fraction of sp³-hybridized carbons (Fsp3) is 1.00. The van der Waals surface area contributed by atoms with Crippen LogP contribution in [0, 0.1) is 17.8 Å². The molecule has 0 radical (unpaired) electrons. The summed E-state index contributed by atoms with van der Waals surface area (Å²) in [6.07, 6.45) is 8.43. The molecule has 1 nitrogen and oxygen atoms in total. The molecular formula is C16H33N. The molecule has 0 aromatic carbocycles. The third kappa shape index (κ3) is 5.42. The van der Waals surface area contributed by atoms with Crippen LogP contribution >= 0.6 is 0 Å². The highest BCUT2D eigenvalue weighted by molar-refractivity contribution is 4.81. The summed E-state index contributed by atoms with van der Waals surface area (Å²) in [6.45, 7) is 11.7. The molecule has 0 spiro atoms. The van der Waals surface area contributed by atoms with Crippen molar-refractivity contribution in [1.82, 2.24) is 5.32 Å². The van der Waals surface area contributed by atoms with E-state index >= 15 is 0 Å². The van der Waals surface area contributed by atoms with Crippen LogP contribution in [0.2, 0.25) is 0 Å². The van der Waals surface area contributed by atoms with Crippen molar-refractivity contribution in [2.75, 3.05) is 0 Å². The summed E-state index contributed by atoms with van der Waals surface area (Å²) >= 11 is 0. The first-order valence-electron chi connectivity index (χ1n) is 7.78. The zero-order valence-electron chi connectivity index (χ0n) is 12.6. The number of rotatable bonds is 6. The topological polar surface area (TPSA) is 12.0 Å². The van der Waals surface area contributed by atoms with Crippen LogP contribution in [0.25, 0.3) is 0 Å². The van der Waals surface area contributed by atoms with Gasteiger partial charge in [0.15, 0.2) is 0 Å². The summed E-state index contributed by atoms with van der Waals surface area (Å²) in [7, 11) is 0. The third-order valence-electron chi connectivity index (χ3n) is 4.58. The van der Waals surface area contributed by atoms with Crippen molar-refractivity contribution >= 4 is 0 Å². The Balaban J connectivity index is 2.33. The molecule has 4 unspecified atom stereocenters. The normalized spacial score (nSPS) is 29.3. The summed E-state index contributed by atoms with van der Waals surface area (Å²) in [5.74, 6) is 2.65. The van der Waals surface area contributed by atoms with E-state index in [0.717, 1.165) is 23.8 Å². The lowest BCUT2D eigenvalue weighted by molar-refractivity contribution is 0.226. The molecule has 102 valence electrons. The van der Waals surface area contributed by atoms with Crippen LogP contribution in [-0.4, -0.2) is 12.1 Å². The molecule has 0 bridgehead atoms. The van der Waals surface area contributed by atoms with Crippen molar-refractivity contribution in [2.24, 2.45) is 17.8 Å². The monoisotopic (exact) mass is 239 g/mol. The van der Waals surface area contributed by atoms with Gasteiger partial charge in [-0.15, -0.1) is 0 Å². The van der Waals surface area contributed by atoms with E-state index in [4.69, 9.17) is 0 Å². The molecule has 0 aliphatic heterocycles. The summed E-state index contributed by atoms with van der Waals surface area (Å²) in [5.41, 5.74) is 0. The van der Waals surface area contributed by atoms with E-state index in [9.17, 15) is 0 Å². The van der Waals surface area contributed by atoms with Crippen LogP contribution in [0.15, 0.2) is 0 Å². The maximum atomic E-state index is 3.87. The van der Waals surface area contributed by atoms with Gasteiger partial charge >= 0.3 is 0 Å². The lowest BCUT2D eigenvalue weighted by atomic mass is 9.80. The summed E-state index contributed by atoms with van der Waals surface area (Å²) in [4.78, 5) is 0. The van der Waals surface area contributed by atoms with E-state index in [0.29, 0.717) is 6.04 Å². The highest BCUT2D eigenvalue weighted by Crippen LogP contribution is 2.29. The van der Waals surface area contributed by atoms with Crippen LogP contribution in [0.5, 0.6) is 0 Å². The Hall–Kier alpha value is -0.0400. The van der Waals surface area contributed by atoms with Gasteiger partial charge in [0.05, 0.1) is 0 Å². The van der Waals surface area contributed by atoms with Gasteiger partial charge in [-0.3, -0.25) is 0 Å². The van der Waals surface area contributed by atoms with Crippen LogP contribution in [0.4, 0.5) is 0 Å². The Kier molecular flexibility index (Phi) is 6.54. The second kappa shape index (κ2) is 7.41. The predicted molar refractivity (Wildman–Crippen MR) is 77.3 cm³/mol. The minimum atomic E-state index is 0.683. The van der Waals surface area contributed by atoms with Gasteiger partial charge in [-0.05, 0) is 43.9 Å². The Bertz CT molecular complexity index is 200. The maximum Gasteiger partial charge on any atom is 0.00722 e. The van der Waals surface area contributed by atoms with Crippen molar-refractivity contribution < 1.29 is 0 Å². The molecular weight excluding hydrogens is 206 g/mol. The van der Waals surface area contributed by atoms with Crippen LogP contribution in [0.3, 0.4) is 0 Å². The fourth-order valence-corrected chi connectivity index (χ4v) is 3.21. The smallest absolute Gasteiger partial charge is 0.00722 e. The van der Waals surface area contributed by atoms with Gasteiger partial charge in [0.25, 0.3) is 0 Å². The van der Waals surface area contributed by atoms with E-state index in [1.165, 1.54) is 38.5 Å². The summed E-state index contributed by atoms with van der Waals surface area (Å²) in [5, 5.41) is 3.87. The van der Waals surface area contributed by atoms with E-state index in [2.05, 4.69) is 39.9 Å². The van der Waals surface area contributed by atoms with Gasteiger partial charge in [-0.2, -0.15) is 0 Å². The molecule has 0 aromatic rings. The predicted octanol–water partition coefficient (Wildman–Crippen LogP) is 4.62. The molecule has 1 saturated carbocycles. The van der Waals surface area contributed by atoms with Gasteiger partial charge in [-0.25, -0.2) is 0 Å². The minimum Gasteiger partial charge on any atom is -0.311 e. The standard InChI is InChI=1S/C16H33N/c1-6-13(4)14(5)17-16-9-7-8-15(11-16)10-12(2)3/h12-17H,6-11H2,1-5H3. The van der Waals surface area contributed by atoms with Crippen LogP contribution in [0.1, 0.15) is 73.1 Å². The summed E-state index contributed by atoms with van der Waals surface area (Å²) in [6, 6.07) is 1.47. The maximum absolute atomic E-state index is 3.87. The molecule has 17 heavy (non-hydrogen) atoms. The number of hydrogen-bond acceptors (Lipinski definition) is 1. The number of nitrogens with one attached hydrogen (secondary N) is 1. The lowest BCUT2D eigenvalue weighted by Gasteiger charge is -2.34. The van der Waals surface area contributed by atoms with E-state index in [1.54, 1.807) is 0 Å². The van der Waals surface area contributed by atoms with Crippen molar-refractivity contribution in [3.05, 3.63) is 0 Å². The zero-order valence-corrected chi connectivity index (χ0v) is 12.6. The van der Waals surface area contributed by atoms with Crippen LogP contribution in [-0.2, 0) is 0 Å². The quantitative estimate of drug-likeness (QED) is 0.713. The first-order chi connectivity index (χ1) is 8.02. The molecule has 1 aliphatic rings. The van der Waals surface area contributed by atoms with Crippen molar-refractivity contribution in [3.63, 3.8) is 0 Å². The second-order valence-corrected chi connectivity index (χ2v) is 6.70. The Morgan fingerprint density at radius 3 is 2.41 bits per heavy atom. The Morgan fingerprint density at radius 1 is 1.12 bits per heavy atom. The lowest BCUT2D eigenvalue weighted by Crippen LogP contribution is -2.42. The molecule has 4 atom stereocenters. The van der Waals surface area contributed by atoms with Crippen molar-refractivity contribution in [3.8, 4) is 0 Å². The zero-order chi connectivity index (χ0) is 12.8. The molecule has 1 aliphatic carbocycles. The highest BCUT2D eigenvalue weighted by atomic mass is 14.9. The van der Waals surface area contributed by atoms with Gasteiger partial charge in [0.2, 0.25) is 0 Å². The molecule has 1 N–H and O–H groups in total.